The number of pyridine rings is 1. The molecule has 1 aromatic rings. The summed E-state index contributed by atoms with van der Waals surface area (Å²) in [4.78, 5) is 4.07. The lowest BCUT2D eigenvalue weighted by molar-refractivity contribution is 0.128. The van der Waals surface area contributed by atoms with Crippen molar-refractivity contribution < 1.29 is 9.84 Å². The van der Waals surface area contributed by atoms with Crippen molar-refractivity contribution in [3.05, 3.63) is 24.0 Å². The van der Waals surface area contributed by atoms with Crippen LogP contribution in [0.25, 0.3) is 0 Å². The first-order valence-electron chi connectivity index (χ1n) is 7.58. The summed E-state index contributed by atoms with van der Waals surface area (Å²) in [7, 11) is 0. The van der Waals surface area contributed by atoms with Crippen LogP contribution in [0.2, 0.25) is 0 Å². The molecule has 4 heteroatoms. The number of rotatable bonds is 7. The van der Waals surface area contributed by atoms with Crippen LogP contribution in [-0.4, -0.2) is 28.8 Å². The highest BCUT2D eigenvalue weighted by Crippen LogP contribution is 2.27. The van der Waals surface area contributed by atoms with E-state index in [1.807, 2.05) is 34.6 Å². The molecule has 0 aromatic carbocycles. The van der Waals surface area contributed by atoms with Crippen LogP contribution in [0.1, 0.15) is 59.6 Å². The first-order valence-corrected chi connectivity index (χ1v) is 7.58. The molecule has 0 bridgehead atoms. The fourth-order valence-corrected chi connectivity index (χ4v) is 1.73. The third-order valence-electron chi connectivity index (χ3n) is 2.68. The molecule has 0 amide bonds. The van der Waals surface area contributed by atoms with Gasteiger partial charge in [0.15, 0.2) is 0 Å². The summed E-state index contributed by atoms with van der Waals surface area (Å²) >= 11 is 0. The topological polar surface area (TPSA) is 54.4 Å². The lowest BCUT2D eigenvalue weighted by atomic mass is 10.0. The molecule has 0 saturated heterocycles. The Kier molecular flexibility index (Phi) is 10.0. The van der Waals surface area contributed by atoms with Crippen LogP contribution in [0.3, 0.4) is 0 Å². The van der Waals surface area contributed by atoms with Crippen LogP contribution in [0, 0.1) is 0 Å². The van der Waals surface area contributed by atoms with E-state index in [-0.39, 0.29) is 12.1 Å². The third kappa shape index (κ3) is 6.35. The van der Waals surface area contributed by atoms with E-state index in [1.54, 1.807) is 18.5 Å². The molecule has 0 saturated carbocycles. The Balaban J connectivity index is 0.00000172. The summed E-state index contributed by atoms with van der Waals surface area (Å²) in [5.74, 6) is 0.706. The van der Waals surface area contributed by atoms with Gasteiger partial charge >= 0.3 is 0 Å². The standard InChI is InChI=1S/C14H24N2O2.C2H6/c1-5-7-16-11(4)14(17)12-9-15-8-6-13(12)18-10(2)3;1-2/h6,8-11,14,16-17H,5,7H2,1-4H3;1-2H3. The molecule has 2 atom stereocenters. The average Bonchev–Trinajstić information content (AvgIpc) is 2.46. The zero-order chi connectivity index (χ0) is 15.5. The summed E-state index contributed by atoms with van der Waals surface area (Å²) in [5, 5.41) is 13.6. The lowest BCUT2D eigenvalue weighted by Crippen LogP contribution is -2.33. The zero-order valence-electron chi connectivity index (χ0n) is 13.7. The molecule has 0 aliphatic rings. The van der Waals surface area contributed by atoms with Crippen molar-refractivity contribution in [1.82, 2.24) is 10.3 Å². The summed E-state index contributed by atoms with van der Waals surface area (Å²) in [6, 6.07) is 1.77. The Hall–Kier alpha value is -1.13. The minimum Gasteiger partial charge on any atom is -0.491 e. The van der Waals surface area contributed by atoms with Gasteiger partial charge in [-0.25, -0.2) is 0 Å². The van der Waals surface area contributed by atoms with Crippen LogP contribution in [0.15, 0.2) is 18.5 Å². The van der Waals surface area contributed by atoms with E-state index >= 15 is 0 Å². The van der Waals surface area contributed by atoms with Gasteiger partial charge in [-0.15, -0.1) is 0 Å². The van der Waals surface area contributed by atoms with E-state index in [2.05, 4.69) is 17.2 Å². The molecule has 2 N–H and O–H groups in total. The van der Waals surface area contributed by atoms with Crippen LogP contribution < -0.4 is 10.1 Å². The van der Waals surface area contributed by atoms with Gasteiger partial charge in [-0.05, 0) is 39.8 Å². The second kappa shape index (κ2) is 10.6. The highest BCUT2D eigenvalue weighted by Gasteiger charge is 2.20. The largest absolute Gasteiger partial charge is 0.491 e. The van der Waals surface area contributed by atoms with Gasteiger partial charge in [0, 0.05) is 24.0 Å². The molecular weight excluding hydrogens is 252 g/mol. The molecule has 116 valence electrons. The van der Waals surface area contributed by atoms with Crippen LogP contribution in [-0.2, 0) is 0 Å². The van der Waals surface area contributed by atoms with E-state index < -0.39 is 6.10 Å². The monoisotopic (exact) mass is 282 g/mol. The van der Waals surface area contributed by atoms with Crippen molar-refractivity contribution in [2.24, 2.45) is 0 Å². The van der Waals surface area contributed by atoms with Crippen molar-refractivity contribution in [2.45, 2.75) is 66.2 Å². The summed E-state index contributed by atoms with van der Waals surface area (Å²) in [6.45, 7) is 12.9. The van der Waals surface area contributed by atoms with E-state index in [0.717, 1.165) is 18.5 Å². The Morgan fingerprint density at radius 1 is 1.30 bits per heavy atom. The predicted molar refractivity (Wildman–Crippen MR) is 84.1 cm³/mol. The fraction of sp³-hybridized carbons (Fsp3) is 0.688. The molecule has 20 heavy (non-hydrogen) atoms. The number of aliphatic hydroxyl groups is 1. The van der Waals surface area contributed by atoms with Crippen molar-refractivity contribution in [3.8, 4) is 5.75 Å². The van der Waals surface area contributed by atoms with Gasteiger partial charge in [0.1, 0.15) is 5.75 Å². The molecule has 1 rings (SSSR count). The van der Waals surface area contributed by atoms with E-state index in [4.69, 9.17) is 4.74 Å². The first-order chi connectivity index (χ1) is 9.56. The highest BCUT2D eigenvalue weighted by molar-refractivity contribution is 5.33. The van der Waals surface area contributed by atoms with Gasteiger partial charge in [0.25, 0.3) is 0 Å². The minimum atomic E-state index is -0.612. The summed E-state index contributed by atoms with van der Waals surface area (Å²) in [5.41, 5.74) is 0.738. The Morgan fingerprint density at radius 3 is 2.50 bits per heavy atom. The molecule has 0 radical (unpaired) electrons. The van der Waals surface area contributed by atoms with Crippen LogP contribution in [0.4, 0.5) is 0 Å². The van der Waals surface area contributed by atoms with Crippen molar-refractivity contribution in [1.29, 1.82) is 0 Å². The summed E-state index contributed by atoms with van der Waals surface area (Å²) in [6.07, 6.45) is 3.86. The Morgan fingerprint density at radius 2 is 1.95 bits per heavy atom. The van der Waals surface area contributed by atoms with Gasteiger partial charge in [-0.3, -0.25) is 4.98 Å². The van der Waals surface area contributed by atoms with Gasteiger partial charge in [0.05, 0.1) is 12.2 Å². The fourth-order valence-electron chi connectivity index (χ4n) is 1.73. The molecule has 0 spiro atoms. The minimum absolute atomic E-state index is 0.0244. The Bertz CT molecular complexity index is 356. The van der Waals surface area contributed by atoms with Crippen molar-refractivity contribution >= 4 is 0 Å². The van der Waals surface area contributed by atoms with E-state index in [0.29, 0.717) is 5.75 Å². The number of nitrogens with one attached hydrogen (secondary N) is 1. The average molecular weight is 282 g/mol. The number of aliphatic hydroxyl groups excluding tert-OH is 1. The maximum Gasteiger partial charge on any atom is 0.128 e. The number of hydrogen-bond acceptors (Lipinski definition) is 4. The third-order valence-corrected chi connectivity index (χ3v) is 2.68. The molecular formula is C16H30N2O2. The molecule has 0 aliphatic carbocycles. The Labute approximate surface area is 123 Å². The normalized spacial score (nSPS) is 13.4. The van der Waals surface area contributed by atoms with Gasteiger partial charge < -0.3 is 15.2 Å². The quantitative estimate of drug-likeness (QED) is 0.805. The molecule has 0 aliphatic heterocycles. The second-order valence-electron chi connectivity index (χ2n) is 4.77. The second-order valence-corrected chi connectivity index (χ2v) is 4.77. The van der Waals surface area contributed by atoms with E-state index in [9.17, 15) is 5.11 Å². The maximum absolute atomic E-state index is 10.3. The zero-order valence-corrected chi connectivity index (χ0v) is 13.7. The first kappa shape index (κ1) is 18.9. The number of hydrogen-bond donors (Lipinski definition) is 2. The number of aromatic nitrogens is 1. The van der Waals surface area contributed by atoms with Gasteiger partial charge in [-0.2, -0.15) is 0 Å². The van der Waals surface area contributed by atoms with Crippen molar-refractivity contribution in [3.63, 3.8) is 0 Å². The predicted octanol–water partition coefficient (Wildman–Crippen LogP) is 3.32. The van der Waals surface area contributed by atoms with Crippen molar-refractivity contribution in [2.75, 3.05) is 6.54 Å². The number of ether oxygens (including phenoxy) is 1. The lowest BCUT2D eigenvalue weighted by Gasteiger charge is -2.23. The summed E-state index contributed by atoms with van der Waals surface area (Å²) < 4.78 is 5.69. The highest BCUT2D eigenvalue weighted by atomic mass is 16.5. The molecule has 2 unspecified atom stereocenters. The van der Waals surface area contributed by atoms with Crippen LogP contribution in [0.5, 0.6) is 5.75 Å². The van der Waals surface area contributed by atoms with Gasteiger partial charge in [0.2, 0.25) is 0 Å². The molecule has 1 aromatic heterocycles. The SMILES string of the molecule is CC.CCCNC(C)C(O)c1cnccc1OC(C)C. The van der Waals surface area contributed by atoms with Gasteiger partial charge in [-0.1, -0.05) is 20.8 Å². The molecule has 1 heterocycles. The maximum atomic E-state index is 10.3. The van der Waals surface area contributed by atoms with Crippen LogP contribution >= 0.6 is 0 Å². The number of nitrogens with zero attached hydrogens (tertiary/aromatic N) is 1. The smallest absolute Gasteiger partial charge is 0.128 e. The van der Waals surface area contributed by atoms with E-state index in [1.165, 1.54) is 0 Å². The molecule has 4 nitrogen and oxygen atoms in total. The molecule has 0 fully saturated rings.